The molecule has 13 heavy (non-hydrogen) atoms. The summed E-state index contributed by atoms with van der Waals surface area (Å²) < 4.78 is 10.5. The van der Waals surface area contributed by atoms with Crippen LogP contribution in [-0.2, 0) is 16.0 Å². The Balaban J connectivity index is 0. The second kappa shape index (κ2) is 8.34. The van der Waals surface area contributed by atoms with E-state index in [2.05, 4.69) is 0 Å². The summed E-state index contributed by atoms with van der Waals surface area (Å²) in [5, 5.41) is 8.06. The van der Waals surface area contributed by atoms with E-state index in [1.54, 1.807) is 27.2 Å². The highest BCUT2D eigenvalue weighted by molar-refractivity contribution is 7.90. The van der Waals surface area contributed by atoms with Gasteiger partial charge in [-0.3, -0.25) is 4.79 Å². The molecule has 0 saturated heterocycles. The van der Waals surface area contributed by atoms with Gasteiger partial charge in [0, 0.05) is 20.1 Å². The quantitative estimate of drug-likeness (QED) is 0.660. The second-order valence-corrected chi connectivity index (χ2v) is 4.42. The molecule has 1 atom stereocenters. The zero-order chi connectivity index (χ0) is 11.0. The first-order chi connectivity index (χ1) is 5.77. The predicted octanol–water partition coefficient (Wildman–Crippen LogP) is 0.188. The average Bonchev–Trinajstić information content (AvgIpc) is 1.83. The molecule has 1 N–H and O–H groups in total. The van der Waals surface area contributed by atoms with Gasteiger partial charge in [-0.1, -0.05) is 0 Å². The van der Waals surface area contributed by atoms with Gasteiger partial charge in [0.15, 0.2) is 5.88 Å². The van der Waals surface area contributed by atoms with Crippen molar-refractivity contribution in [3.8, 4) is 0 Å². The number of carbonyl (C=O) groups is 1. The van der Waals surface area contributed by atoms with Gasteiger partial charge in [0.2, 0.25) is 5.91 Å². The number of amides is 1. The zero-order valence-electron chi connectivity index (χ0n) is 8.90. The third kappa shape index (κ3) is 18.6. The average molecular weight is 209 g/mol. The first kappa shape index (κ1) is 15.2. The Hall–Kier alpha value is -0.260. The standard InChI is InChI=1S/C5H11NO2S.C3H8O/c1-5(7)6(2)4-9(3)8;1-3(2)4/h4H2,1-3H3;3-4H,1-2H3. The molecular formula is C8H19NO3S. The summed E-state index contributed by atoms with van der Waals surface area (Å²) in [5.41, 5.74) is 0. The van der Waals surface area contributed by atoms with Gasteiger partial charge in [-0.15, -0.1) is 0 Å². The molecule has 1 unspecified atom stereocenters. The Morgan fingerprint density at radius 1 is 1.62 bits per heavy atom. The van der Waals surface area contributed by atoms with E-state index in [1.165, 1.54) is 11.8 Å². The summed E-state index contributed by atoms with van der Waals surface area (Å²) in [6, 6.07) is 0. The Morgan fingerprint density at radius 3 is 2.00 bits per heavy atom. The molecule has 0 bridgehead atoms. The number of hydrogen-bond acceptors (Lipinski definition) is 3. The zero-order valence-corrected chi connectivity index (χ0v) is 9.72. The molecule has 0 aliphatic rings. The second-order valence-electron chi connectivity index (χ2n) is 3.01. The highest BCUT2D eigenvalue weighted by atomic mass is 32.2. The van der Waals surface area contributed by atoms with Gasteiger partial charge in [-0.05, 0) is 25.0 Å². The maximum atomic E-state index is 10.5. The van der Waals surface area contributed by atoms with E-state index in [4.69, 9.17) is 5.11 Å². The molecule has 0 aromatic rings. The fraction of sp³-hybridized carbons (Fsp3) is 0.875. The first-order valence-corrected chi connectivity index (χ1v) is 5.69. The Morgan fingerprint density at radius 2 is 1.92 bits per heavy atom. The van der Waals surface area contributed by atoms with Crippen LogP contribution in [-0.4, -0.2) is 45.8 Å². The van der Waals surface area contributed by atoms with Gasteiger partial charge < -0.3 is 14.6 Å². The van der Waals surface area contributed by atoms with E-state index in [0.717, 1.165) is 0 Å². The minimum absolute atomic E-state index is 0.0507. The van der Waals surface area contributed by atoms with Crippen LogP contribution in [0.2, 0.25) is 0 Å². The van der Waals surface area contributed by atoms with E-state index in [1.807, 2.05) is 0 Å². The van der Waals surface area contributed by atoms with Crippen LogP contribution < -0.4 is 0 Å². The van der Waals surface area contributed by atoms with Crippen molar-refractivity contribution in [2.75, 3.05) is 19.2 Å². The minimum atomic E-state index is -0.911. The van der Waals surface area contributed by atoms with Crippen LogP contribution in [0.25, 0.3) is 0 Å². The number of rotatable bonds is 2. The molecule has 0 aliphatic heterocycles. The Bertz CT molecular complexity index is 137. The summed E-state index contributed by atoms with van der Waals surface area (Å²) in [6.45, 7) is 4.90. The Labute approximate surface area is 83.1 Å². The highest BCUT2D eigenvalue weighted by Crippen LogP contribution is 1.88. The molecule has 0 heterocycles. The lowest BCUT2D eigenvalue weighted by molar-refractivity contribution is -0.126. The molecule has 0 aliphatic carbocycles. The number of aliphatic hydroxyl groups excluding tert-OH is 1. The van der Waals surface area contributed by atoms with E-state index in [9.17, 15) is 9.35 Å². The van der Waals surface area contributed by atoms with Crippen molar-refractivity contribution in [1.82, 2.24) is 4.90 Å². The predicted molar refractivity (Wildman–Crippen MR) is 54.7 cm³/mol. The van der Waals surface area contributed by atoms with E-state index in [0.29, 0.717) is 5.88 Å². The summed E-state index contributed by atoms with van der Waals surface area (Å²) in [5.74, 6) is 0.278. The summed E-state index contributed by atoms with van der Waals surface area (Å²) in [6.07, 6.45) is 1.40. The molecular weight excluding hydrogens is 190 g/mol. The van der Waals surface area contributed by atoms with Gasteiger partial charge in [-0.25, -0.2) is 0 Å². The summed E-state index contributed by atoms with van der Waals surface area (Å²) in [7, 11) is 1.63. The van der Waals surface area contributed by atoms with Crippen LogP contribution in [0.15, 0.2) is 0 Å². The van der Waals surface area contributed by atoms with Crippen molar-refractivity contribution in [2.45, 2.75) is 26.9 Å². The van der Waals surface area contributed by atoms with Crippen LogP contribution >= 0.6 is 0 Å². The topological polar surface area (TPSA) is 63.6 Å². The lowest BCUT2D eigenvalue weighted by Crippen LogP contribution is -2.29. The largest absolute Gasteiger partial charge is 0.615 e. The van der Waals surface area contributed by atoms with E-state index in [-0.39, 0.29) is 12.0 Å². The maximum absolute atomic E-state index is 10.5. The number of carbonyl (C=O) groups excluding carboxylic acids is 1. The van der Waals surface area contributed by atoms with Gasteiger partial charge in [0.05, 0.1) is 6.26 Å². The minimum Gasteiger partial charge on any atom is -0.615 e. The molecule has 0 aromatic carbocycles. The summed E-state index contributed by atoms with van der Waals surface area (Å²) in [4.78, 5) is 11.9. The SMILES string of the molecule is CC(=O)N(C)C[S+](C)[O-].CC(C)O. The molecule has 0 fully saturated rings. The van der Waals surface area contributed by atoms with Crippen LogP contribution in [0.5, 0.6) is 0 Å². The van der Waals surface area contributed by atoms with Crippen LogP contribution in [0.4, 0.5) is 0 Å². The lowest BCUT2D eigenvalue weighted by Gasteiger charge is -2.14. The molecule has 0 saturated carbocycles. The molecule has 0 radical (unpaired) electrons. The maximum Gasteiger partial charge on any atom is 0.222 e. The van der Waals surface area contributed by atoms with Crippen molar-refractivity contribution in [2.24, 2.45) is 0 Å². The number of aliphatic hydroxyl groups is 1. The molecule has 5 heteroatoms. The molecule has 0 aromatic heterocycles. The lowest BCUT2D eigenvalue weighted by atomic mass is 10.5. The first-order valence-electron chi connectivity index (χ1n) is 3.97. The van der Waals surface area contributed by atoms with Crippen molar-refractivity contribution in [3.05, 3.63) is 0 Å². The van der Waals surface area contributed by atoms with Crippen LogP contribution in [0, 0.1) is 0 Å². The number of nitrogens with zero attached hydrogens (tertiary/aromatic N) is 1. The molecule has 1 amide bonds. The highest BCUT2D eigenvalue weighted by Gasteiger charge is 2.05. The van der Waals surface area contributed by atoms with Crippen LogP contribution in [0.1, 0.15) is 20.8 Å². The van der Waals surface area contributed by atoms with Crippen LogP contribution in [0.3, 0.4) is 0 Å². The molecule has 4 nitrogen and oxygen atoms in total. The number of hydrogen-bond donors (Lipinski definition) is 1. The third-order valence-electron chi connectivity index (χ3n) is 0.913. The van der Waals surface area contributed by atoms with Gasteiger partial charge >= 0.3 is 0 Å². The molecule has 80 valence electrons. The van der Waals surface area contributed by atoms with E-state index < -0.39 is 11.2 Å². The molecule has 0 spiro atoms. The smallest absolute Gasteiger partial charge is 0.222 e. The monoisotopic (exact) mass is 209 g/mol. The normalized spacial score (nSPS) is 11.7. The van der Waals surface area contributed by atoms with Crippen molar-refractivity contribution in [1.29, 1.82) is 0 Å². The fourth-order valence-electron chi connectivity index (χ4n) is 0.364. The van der Waals surface area contributed by atoms with Crippen molar-refractivity contribution < 1.29 is 14.5 Å². The van der Waals surface area contributed by atoms with Crippen molar-refractivity contribution in [3.63, 3.8) is 0 Å². The van der Waals surface area contributed by atoms with Crippen molar-refractivity contribution >= 4 is 17.1 Å². The van der Waals surface area contributed by atoms with Gasteiger partial charge in [0.1, 0.15) is 0 Å². The fourth-order valence-corrected chi connectivity index (χ4v) is 1.09. The van der Waals surface area contributed by atoms with E-state index >= 15 is 0 Å². The van der Waals surface area contributed by atoms with Gasteiger partial charge in [0.25, 0.3) is 0 Å². The third-order valence-corrected chi connectivity index (χ3v) is 1.66. The van der Waals surface area contributed by atoms with Gasteiger partial charge in [-0.2, -0.15) is 0 Å². The summed E-state index contributed by atoms with van der Waals surface area (Å²) >= 11 is -0.911. The molecule has 0 rings (SSSR count). The Kier molecular flexibility index (Phi) is 9.77.